The van der Waals surface area contributed by atoms with Crippen molar-refractivity contribution in [2.75, 3.05) is 13.2 Å². The molecule has 0 radical (unpaired) electrons. The van der Waals surface area contributed by atoms with Crippen molar-refractivity contribution >= 4 is 7.60 Å². The molecule has 1 rings (SSSR count). The maximum absolute atomic E-state index is 12.6. The Labute approximate surface area is 113 Å². The van der Waals surface area contributed by atoms with Crippen molar-refractivity contribution < 1.29 is 13.6 Å². The van der Waals surface area contributed by atoms with E-state index in [4.69, 9.17) is 14.6 Å². The number of azide groups is 1. The number of nitrogens with zero attached hydrogens (tertiary/aromatic N) is 3. The molecular formula is C12H20N3O3P. The summed E-state index contributed by atoms with van der Waals surface area (Å²) in [5.41, 5.74) is 10.0. The first-order chi connectivity index (χ1) is 9.09. The van der Waals surface area contributed by atoms with Gasteiger partial charge in [0.2, 0.25) is 0 Å². The van der Waals surface area contributed by atoms with Gasteiger partial charge in [-0.15, -0.1) is 0 Å². The summed E-state index contributed by atoms with van der Waals surface area (Å²) in [7, 11) is -3.47. The van der Waals surface area contributed by atoms with E-state index < -0.39 is 7.60 Å². The van der Waals surface area contributed by atoms with Crippen LogP contribution in [-0.4, -0.2) is 13.2 Å². The normalized spacial score (nSPS) is 15.2. The van der Waals surface area contributed by atoms with E-state index in [0.29, 0.717) is 5.70 Å². The van der Waals surface area contributed by atoms with Gasteiger partial charge in [-0.05, 0) is 45.1 Å². The molecule has 0 heterocycles. The number of hydrogen-bond acceptors (Lipinski definition) is 4. The largest absolute Gasteiger partial charge is 0.361 e. The minimum absolute atomic E-state index is 0.172. The summed E-state index contributed by atoms with van der Waals surface area (Å²) in [4.78, 5) is 2.81. The third-order valence-corrected chi connectivity index (χ3v) is 4.96. The van der Waals surface area contributed by atoms with Gasteiger partial charge in [0.25, 0.3) is 0 Å². The highest BCUT2D eigenvalue weighted by molar-refractivity contribution is 7.58. The zero-order valence-electron chi connectivity index (χ0n) is 11.5. The van der Waals surface area contributed by atoms with Gasteiger partial charge in [0.05, 0.1) is 24.2 Å². The molecule has 1 fully saturated rings. The molecule has 0 atom stereocenters. The standard InChI is InChI=1S/C12H20N3O3P/c1-4-17-19(16,18-5-2)10(3)12(14-15-13)11-8-6-7-9-11/h3-9H2,1-2H3. The van der Waals surface area contributed by atoms with Gasteiger partial charge in [-0.3, -0.25) is 4.57 Å². The third-order valence-electron chi connectivity index (χ3n) is 2.89. The van der Waals surface area contributed by atoms with Crippen LogP contribution in [0.25, 0.3) is 10.4 Å². The SMILES string of the molecule is C=C(C(N=[N+]=[N-])=C1CCCC1)P(=O)(OCC)OCC. The molecule has 0 N–H and O–H groups in total. The van der Waals surface area contributed by atoms with Crippen molar-refractivity contribution in [2.24, 2.45) is 5.11 Å². The van der Waals surface area contributed by atoms with Crippen LogP contribution in [-0.2, 0) is 13.6 Å². The second-order valence-corrected chi connectivity index (χ2v) is 6.18. The van der Waals surface area contributed by atoms with Crippen LogP contribution >= 0.6 is 7.60 Å². The van der Waals surface area contributed by atoms with Gasteiger partial charge in [0, 0.05) is 4.91 Å². The van der Waals surface area contributed by atoms with Crippen molar-refractivity contribution in [3.05, 3.63) is 33.6 Å². The molecule has 7 heteroatoms. The van der Waals surface area contributed by atoms with Gasteiger partial charge in [-0.1, -0.05) is 17.3 Å². The summed E-state index contributed by atoms with van der Waals surface area (Å²) in [5, 5.41) is 3.84. The molecule has 1 saturated carbocycles. The molecule has 0 amide bonds. The van der Waals surface area contributed by atoms with Gasteiger partial charge >= 0.3 is 7.60 Å². The maximum Gasteiger partial charge on any atom is 0.361 e. The van der Waals surface area contributed by atoms with Crippen molar-refractivity contribution in [3.8, 4) is 0 Å². The van der Waals surface area contributed by atoms with Crippen LogP contribution in [0.3, 0.4) is 0 Å². The molecule has 0 saturated heterocycles. The summed E-state index contributed by atoms with van der Waals surface area (Å²) in [5.74, 6) is 0. The maximum atomic E-state index is 12.6. The third kappa shape index (κ3) is 3.95. The lowest BCUT2D eigenvalue weighted by atomic mass is 10.2. The lowest BCUT2D eigenvalue weighted by Gasteiger charge is -2.20. The minimum Gasteiger partial charge on any atom is -0.306 e. The Balaban J connectivity index is 3.14. The van der Waals surface area contributed by atoms with Crippen molar-refractivity contribution in [2.45, 2.75) is 39.5 Å². The minimum atomic E-state index is -3.47. The van der Waals surface area contributed by atoms with Crippen LogP contribution in [0.2, 0.25) is 0 Å². The molecule has 0 aromatic carbocycles. The topological polar surface area (TPSA) is 84.3 Å². The molecule has 1 aliphatic carbocycles. The highest BCUT2D eigenvalue weighted by Crippen LogP contribution is 2.59. The second kappa shape index (κ2) is 7.51. The Morgan fingerprint density at radius 1 is 1.37 bits per heavy atom. The average molecular weight is 285 g/mol. The molecule has 106 valence electrons. The molecule has 1 aliphatic rings. The molecular weight excluding hydrogens is 265 g/mol. The van der Waals surface area contributed by atoms with Gasteiger partial charge in [-0.25, -0.2) is 0 Å². The van der Waals surface area contributed by atoms with Crippen molar-refractivity contribution in [1.82, 2.24) is 0 Å². The molecule has 0 aromatic rings. The fourth-order valence-corrected chi connectivity index (χ4v) is 3.61. The molecule has 0 unspecified atom stereocenters. The number of hydrogen-bond donors (Lipinski definition) is 0. The summed E-state index contributed by atoms with van der Waals surface area (Å²) >= 11 is 0. The molecule has 19 heavy (non-hydrogen) atoms. The Morgan fingerprint density at radius 2 is 1.89 bits per heavy atom. The van der Waals surface area contributed by atoms with E-state index >= 15 is 0 Å². The van der Waals surface area contributed by atoms with Crippen LogP contribution in [0.1, 0.15) is 39.5 Å². The van der Waals surface area contributed by atoms with Crippen LogP contribution in [0, 0.1) is 0 Å². The molecule has 6 nitrogen and oxygen atoms in total. The Hall–Kier alpha value is -1.06. The Bertz CT molecular complexity index is 449. The Kier molecular flexibility index (Phi) is 6.32. The number of allylic oxidation sites excluding steroid dienone is 2. The van der Waals surface area contributed by atoms with E-state index in [0.717, 1.165) is 31.3 Å². The highest BCUT2D eigenvalue weighted by atomic mass is 31.2. The van der Waals surface area contributed by atoms with E-state index in [2.05, 4.69) is 16.6 Å². The van der Waals surface area contributed by atoms with Gasteiger partial charge < -0.3 is 9.05 Å². The fraction of sp³-hybridized carbons (Fsp3) is 0.667. The molecule has 0 spiro atoms. The van der Waals surface area contributed by atoms with Crippen molar-refractivity contribution in [1.29, 1.82) is 0 Å². The molecule has 0 bridgehead atoms. The van der Waals surface area contributed by atoms with Crippen LogP contribution in [0.5, 0.6) is 0 Å². The lowest BCUT2D eigenvalue weighted by molar-refractivity contribution is 0.227. The first-order valence-electron chi connectivity index (χ1n) is 6.45. The lowest BCUT2D eigenvalue weighted by Crippen LogP contribution is -2.01. The zero-order chi connectivity index (χ0) is 14.3. The van der Waals surface area contributed by atoms with E-state index in [1.807, 2.05) is 0 Å². The predicted octanol–water partition coefficient (Wildman–Crippen LogP) is 4.90. The van der Waals surface area contributed by atoms with E-state index in [1.54, 1.807) is 13.8 Å². The number of rotatable bonds is 7. The van der Waals surface area contributed by atoms with Crippen LogP contribution in [0.4, 0.5) is 0 Å². The first kappa shape index (κ1) is 16.0. The van der Waals surface area contributed by atoms with Gasteiger partial charge in [0.15, 0.2) is 0 Å². The summed E-state index contributed by atoms with van der Waals surface area (Å²) in [6.45, 7) is 7.74. The smallest absolute Gasteiger partial charge is 0.306 e. The van der Waals surface area contributed by atoms with E-state index in [9.17, 15) is 4.57 Å². The predicted molar refractivity (Wildman–Crippen MR) is 74.6 cm³/mol. The van der Waals surface area contributed by atoms with Crippen LogP contribution < -0.4 is 0 Å². The average Bonchev–Trinajstić information content (AvgIpc) is 2.89. The van der Waals surface area contributed by atoms with E-state index in [-0.39, 0.29) is 18.5 Å². The van der Waals surface area contributed by atoms with Crippen molar-refractivity contribution in [3.63, 3.8) is 0 Å². The fourth-order valence-electron chi connectivity index (χ4n) is 2.08. The monoisotopic (exact) mass is 285 g/mol. The summed E-state index contributed by atoms with van der Waals surface area (Å²) in [6, 6.07) is 0. The first-order valence-corrected chi connectivity index (χ1v) is 7.99. The van der Waals surface area contributed by atoms with E-state index in [1.165, 1.54) is 0 Å². The quantitative estimate of drug-likeness (QED) is 0.288. The highest BCUT2D eigenvalue weighted by Gasteiger charge is 2.31. The van der Waals surface area contributed by atoms with Crippen LogP contribution in [0.15, 0.2) is 28.3 Å². The second-order valence-electron chi connectivity index (χ2n) is 4.13. The molecule has 0 aliphatic heterocycles. The zero-order valence-corrected chi connectivity index (χ0v) is 12.4. The molecule has 0 aromatic heterocycles. The summed E-state index contributed by atoms with van der Waals surface area (Å²) < 4.78 is 23.1. The van der Waals surface area contributed by atoms with Gasteiger partial charge in [0.1, 0.15) is 0 Å². The Morgan fingerprint density at radius 3 is 2.32 bits per heavy atom. The summed E-state index contributed by atoms with van der Waals surface area (Å²) in [6.07, 6.45) is 3.76. The van der Waals surface area contributed by atoms with Gasteiger partial charge in [-0.2, -0.15) is 0 Å².